The lowest BCUT2D eigenvalue weighted by atomic mass is 10.1. The molecule has 31 heavy (non-hydrogen) atoms. The molecule has 1 atom stereocenters. The smallest absolute Gasteiger partial charge is 0.328 e. The van der Waals surface area contributed by atoms with Gasteiger partial charge in [-0.25, -0.2) is 4.79 Å². The van der Waals surface area contributed by atoms with Gasteiger partial charge in [0.15, 0.2) is 11.5 Å². The second-order valence-corrected chi connectivity index (χ2v) is 7.85. The molecule has 0 fully saturated rings. The Morgan fingerprint density at radius 2 is 1.87 bits per heavy atom. The van der Waals surface area contributed by atoms with Crippen LogP contribution in [0.1, 0.15) is 58.9 Å². The summed E-state index contributed by atoms with van der Waals surface area (Å²) < 4.78 is 10.9. The Kier molecular flexibility index (Phi) is 14.7. The van der Waals surface area contributed by atoms with Crippen molar-refractivity contribution in [2.24, 2.45) is 5.92 Å². The molecule has 1 aromatic rings. The standard InChI is InChI=1S/C24H38N2O4.ClH/c1-7-26(5)19(4)24(28)30-21-15-14-20(16-22(21)29-6)17-25-23(27)13-11-9-8-10-12-18(2)3;/h10,12,14-16,18-19H,7-9,11,13,17H2,1-6H3,(H,25,27);1H/b12-10+;/t19-;/m0./s1. The third-order valence-corrected chi connectivity index (χ3v) is 4.97. The van der Waals surface area contributed by atoms with Gasteiger partial charge in [0, 0.05) is 13.0 Å². The van der Waals surface area contributed by atoms with Crippen LogP contribution >= 0.6 is 12.4 Å². The summed E-state index contributed by atoms with van der Waals surface area (Å²) in [4.78, 5) is 26.3. The number of unbranched alkanes of at least 4 members (excludes halogenated alkanes) is 2. The molecule has 0 heterocycles. The van der Waals surface area contributed by atoms with Gasteiger partial charge in [-0.3, -0.25) is 9.69 Å². The Bertz CT molecular complexity index is 707. The van der Waals surface area contributed by atoms with Gasteiger partial charge in [0.2, 0.25) is 5.91 Å². The van der Waals surface area contributed by atoms with Crippen LogP contribution in [0.25, 0.3) is 0 Å². The number of amides is 1. The number of esters is 1. The number of hydrogen-bond acceptors (Lipinski definition) is 5. The molecule has 7 heteroatoms. The second kappa shape index (κ2) is 15.7. The van der Waals surface area contributed by atoms with Crippen LogP contribution in [-0.4, -0.2) is 43.5 Å². The molecule has 0 aliphatic heterocycles. The van der Waals surface area contributed by atoms with Crippen molar-refractivity contribution in [3.8, 4) is 11.5 Å². The monoisotopic (exact) mass is 454 g/mol. The number of nitrogens with zero attached hydrogens (tertiary/aromatic N) is 1. The first kappa shape index (κ1) is 28.9. The van der Waals surface area contributed by atoms with Crippen molar-refractivity contribution in [3.05, 3.63) is 35.9 Å². The van der Waals surface area contributed by atoms with Crippen molar-refractivity contribution >= 4 is 24.3 Å². The number of rotatable bonds is 13. The first-order valence-corrected chi connectivity index (χ1v) is 10.8. The van der Waals surface area contributed by atoms with Crippen LogP contribution in [0.3, 0.4) is 0 Å². The lowest BCUT2D eigenvalue weighted by molar-refractivity contribution is -0.139. The van der Waals surface area contributed by atoms with E-state index in [1.165, 1.54) is 7.11 Å². The zero-order valence-electron chi connectivity index (χ0n) is 19.8. The van der Waals surface area contributed by atoms with Crippen molar-refractivity contribution in [2.45, 2.75) is 66.0 Å². The van der Waals surface area contributed by atoms with E-state index in [9.17, 15) is 9.59 Å². The minimum absolute atomic E-state index is 0. The van der Waals surface area contributed by atoms with Crippen LogP contribution in [0.5, 0.6) is 11.5 Å². The maximum absolute atomic E-state index is 12.3. The number of allylic oxidation sites excluding steroid dienone is 2. The van der Waals surface area contributed by atoms with Crippen LogP contribution in [0.2, 0.25) is 0 Å². The zero-order valence-corrected chi connectivity index (χ0v) is 20.6. The number of nitrogens with one attached hydrogen (secondary N) is 1. The quantitative estimate of drug-likeness (QED) is 0.201. The highest BCUT2D eigenvalue weighted by Gasteiger charge is 2.20. The summed E-state index contributed by atoms with van der Waals surface area (Å²) in [5.41, 5.74) is 0.888. The van der Waals surface area contributed by atoms with Gasteiger partial charge in [-0.1, -0.05) is 39.0 Å². The molecular formula is C24H39ClN2O4. The van der Waals surface area contributed by atoms with Gasteiger partial charge < -0.3 is 14.8 Å². The number of carbonyl (C=O) groups excluding carboxylic acids is 2. The Labute approximate surface area is 193 Å². The van der Waals surface area contributed by atoms with Gasteiger partial charge in [-0.2, -0.15) is 0 Å². The number of carbonyl (C=O) groups is 2. The van der Waals surface area contributed by atoms with Crippen molar-refractivity contribution in [3.63, 3.8) is 0 Å². The highest BCUT2D eigenvalue weighted by atomic mass is 35.5. The summed E-state index contributed by atoms with van der Waals surface area (Å²) in [5, 5.41) is 2.93. The van der Waals surface area contributed by atoms with E-state index in [-0.39, 0.29) is 30.3 Å². The summed E-state index contributed by atoms with van der Waals surface area (Å²) in [6.45, 7) is 9.26. The number of benzene rings is 1. The fraction of sp³-hybridized carbons (Fsp3) is 0.583. The molecule has 0 saturated heterocycles. The van der Waals surface area contributed by atoms with Crippen LogP contribution < -0.4 is 14.8 Å². The largest absolute Gasteiger partial charge is 0.493 e. The molecule has 0 saturated carbocycles. The zero-order chi connectivity index (χ0) is 22.5. The summed E-state index contributed by atoms with van der Waals surface area (Å²) in [7, 11) is 3.40. The van der Waals surface area contributed by atoms with Crippen LogP contribution in [0.15, 0.2) is 30.4 Å². The molecule has 0 aliphatic carbocycles. The lowest BCUT2D eigenvalue weighted by Crippen LogP contribution is -2.38. The molecule has 1 N–H and O–H groups in total. The Morgan fingerprint density at radius 1 is 1.16 bits per heavy atom. The number of likely N-dealkylation sites (N-methyl/N-ethyl adjacent to an activating group) is 1. The average molecular weight is 455 g/mol. The van der Waals surface area contributed by atoms with Gasteiger partial charge in [0.1, 0.15) is 6.04 Å². The molecular weight excluding hydrogens is 416 g/mol. The average Bonchev–Trinajstić information content (AvgIpc) is 2.73. The van der Waals surface area contributed by atoms with E-state index in [1.807, 2.05) is 31.9 Å². The van der Waals surface area contributed by atoms with Gasteiger partial charge in [-0.15, -0.1) is 12.4 Å². The van der Waals surface area contributed by atoms with Gasteiger partial charge >= 0.3 is 5.97 Å². The van der Waals surface area contributed by atoms with Crippen LogP contribution in [0.4, 0.5) is 0 Å². The number of methoxy groups -OCH3 is 1. The van der Waals surface area contributed by atoms with E-state index in [4.69, 9.17) is 9.47 Å². The van der Waals surface area contributed by atoms with E-state index < -0.39 is 0 Å². The summed E-state index contributed by atoms with van der Waals surface area (Å²) in [6, 6.07) is 4.97. The molecule has 1 amide bonds. The molecule has 1 rings (SSSR count). The first-order valence-electron chi connectivity index (χ1n) is 10.8. The lowest BCUT2D eigenvalue weighted by Gasteiger charge is -2.21. The van der Waals surface area contributed by atoms with Crippen molar-refractivity contribution in [1.82, 2.24) is 10.2 Å². The molecule has 1 aromatic carbocycles. The fourth-order valence-corrected chi connectivity index (χ4v) is 2.76. The number of hydrogen-bond donors (Lipinski definition) is 1. The molecule has 0 unspecified atom stereocenters. The Hall–Kier alpha value is -2.05. The highest BCUT2D eigenvalue weighted by molar-refractivity contribution is 5.85. The maximum Gasteiger partial charge on any atom is 0.328 e. The summed E-state index contributed by atoms with van der Waals surface area (Å²) in [5.74, 6) is 1.12. The normalized spacial score (nSPS) is 12.0. The third-order valence-electron chi connectivity index (χ3n) is 4.97. The summed E-state index contributed by atoms with van der Waals surface area (Å²) >= 11 is 0. The minimum atomic E-state index is -0.348. The topological polar surface area (TPSA) is 67.9 Å². The predicted molar refractivity (Wildman–Crippen MR) is 128 cm³/mol. The molecule has 0 bridgehead atoms. The van der Waals surface area contributed by atoms with Crippen molar-refractivity contribution < 1.29 is 19.1 Å². The van der Waals surface area contributed by atoms with Gasteiger partial charge in [-0.05, 0) is 63.4 Å². The van der Waals surface area contributed by atoms with Gasteiger partial charge in [0.25, 0.3) is 0 Å². The molecule has 0 spiro atoms. The third kappa shape index (κ3) is 11.2. The first-order chi connectivity index (χ1) is 14.3. The SMILES string of the molecule is CCN(C)[C@@H](C)C(=O)Oc1ccc(CNC(=O)CCCC/C=C/C(C)C)cc1OC.Cl. The second-order valence-electron chi connectivity index (χ2n) is 7.85. The molecule has 6 nitrogen and oxygen atoms in total. The number of ether oxygens (including phenoxy) is 2. The highest BCUT2D eigenvalue weighted by Crippen LogP contribution is 2.28. The molecule has 0 aromatic heterocycles. The number of halogens is 1. The predicted octanol–water partition coefficient (Wildman–Crippen LogP) is 4.75. The van der Waals surface area contributed by atoms with Crippen LogP contribution in [0, 0.1) is 5.92 Å². The summed E-state index contributed by atoms with van der Waals surface area (Å²) in [6.07, 6.45) is 7.79. The molecule has 0 aliphatic rings. The van der Waals surface area contributed by atoms with E-state index in [0.29, 0.717) is 30.4 Å². The minimum Gasteiger partial charge on any atom is -0.493 e. The Balaban J connectivity index is 0.00000900. The van der Waals surface area contributed by atoms with E-state index >= 15 is 0 Å². The molecule has 0 radical (unpaired) electrons. The maximum atomic E-state index is 12.3. The van der Waals surface area contributed by atoms with Crippen molar-refractivity contribution in [1.29, 1.82) is 0 Å². The van der Waals surface area contributed by atoms with E-state index in [0.717, 1.165) is 31.4 Å². The Morgan fingerprint density at radius 3 is 2.48 bits per heavy atom. The molecule has 176 valence electrons. The van der Waals surface area contributed by atoms with E-state index in [1.54, 1.807) is 12.1 Å². The van der Waals surface area contributed by atoms with Crippen LogP contribution in [-0.2, 0) is 16.1 Å². The fourth-order valence-electron chi connectivity index (χ4n) is 2.76. The van der Waals surface area contributed by atoms with Crippen molar-refractivity contribution in [2.75, 3.05) is 20.7 Å². The van der Waals surface area contributed by atoms with Gasteiger partial charge in [0.05, 0.1) is 7.11 Å². The van der Waals surface area contributed by atoms with E-state index in [2.05, 4.69) is 31.3 Å².